The molecule has 0 saturated carbocycles. The second-order valence-electron chi connectivity index (χ2n) is 3.77. The number of rotatable bonds is 6. The summed E-state index contributed by atoms with van der Waals surface area (Å²) in [6.45, 7) is 0. The predicted octanol–water partition coefficient (Wildman–Crippen LogP) is 2.13. The molecule has 6 heteroatoms. The predicted molar refractivity (Wildman–Crippen MR) is 81.3 cm³/mol. The van der Waals surface area contributed by atoms with Gasteiger partial charge in [-0.2, -0.15) is 0 Å². The summed E-state index contributed by atoms with van der Waals surface area (Å²) in [5.41, 5.74) is 0. The fourth-order valence-corrected chi connectivity index (χ4v) is 19.3. The van der Waals surface area contributed by atoms with Crippen LogP contribution in [0.3, 0.4) is 0 Å². The molecule has 0 bridgehead atoms. The third-order valence-electron chi connectivity index (χ3n) is 2.38. The first-order valence-electron chi connectivity index (χ1n) is 5.11. The van der Waals surface area contributed by atoms with Crippen LogP contribution in [0, 0.1) is 0 Å². The van der Waals surface area contributed by atoms with Crippen LogP contribution in [-0.2, 0) is 0 Å². The molecule has 0 spiro atoms. The summed E-state index contributed by atoms with van der Waals surface area (Å²) in [7, 11) is 0. The van der Waals surface area contributed by atoms with Gasteiger partial charge < -0.3 is 0 Å². The summed E-state index contributed by atoms with van der Waals surface area (Å²) in [5, 5.41) is 2.09. The molecule has 4 atom stereocenters. The Morgan fingerprint density at radius 3 is 1.80 bits per heavy atom. The SMILES string of the molecule is C1[Se]C(SCC2CS2)C(SCC2CS2)[Se]1. The molecular formula is C9H14S4Se2. The molecule has 3 aliphatic rings. The molecule has 0 amide bonds. The maximum atomic E-state index is 2.33. The van der Waals surface area contributed by atoms with Crippen molar-refractivity contribution in [2.24, 2.45) is 0 Å². The summed E-state index contributed by atoms with van der Waals surface area (Å²) in [6.07, 6.45) is 0. The Hall–Kier alpha value is 2.44. The Morgan fingerprint density at radius 1 is 0.933 bits per heavy atom. The Balaban J connectivity index is 1.38. The van der Waals surface area contributed by atoms with Gasteiger partial charge in [-0.3, -0.25) is 0 Å². The Morgan fingerprint density at radius 2 is 1.40 bits per heavy atom. The minimum atomic E-state index is 0.985. The first kappa shape index (κ1) is 12.5. The Kier molecular flexibility index (Phi) is 5.03. The standard InChI is InChI=1S/C9H14S4Se2/c1-6(10-1)3-12-8-9(15-5-14-8)13-4-7-2-11-7/h6-9H,1-5H2. The zero-order valence-corrected chi connectivity index (χ0v) is 15.0. The van der Waals surface area contributed by atoms with Crippen molar-refractivity contribution < 1.29 is 0 Å². The van der Waals surface area contributed by atoms with E-state index >= 15 is 0 Å². The summed E-state index contributed by atoms with van der Waals surface area (Å²) in [4.78, 5) is 0. The van der Waals surface area contributed by atoms with Crippen LogP contribution in [0.1, 0.15) is 0 Å². The number of hydrogen-bond acceptors (Lipinski definition) is 4. The maximum absolute atomic E-state index is 2.33. The molecule has 0 aromatic heterocycles. The van der Waals surface area contributed by atoms with Crippen molar-refractivity contribution in [2.45, 2.75) is 23.0 Å². The number of hydrogen-bond donors (Lipinski definition) is 0. The van der Waals surface area contributed by atoms with Crippen LogP contribution in [-0.4, -0.2) is 71.7 Å². The van der Waals surface area contributed by atoms with E-state index in [9.17, 15) is 0 Å². The molecule has 86 valence electrons. The van der Waals surface area contributed by atoms with Crippen LogP contribution in [0.4, 0.5) is 0 Å². The van der Waals surface area contributed by atoms with Gasteiger partial charge in [-0.15, -0.1) is 0 Å². The molecule has 0 N–H and O–H groups in total. The molecule has 0 aromatic rings. The van der Waals surface area contributed by atoms with Crippen LogP contribution in [0.25, 0.3) is 0 Å². The summed E-state index contributed by atoms with van der Waals surface area (Å²) < 4.78 is 3.80. The molecule has 4 unspecified atom stereocenters. The van der Waals surface area contributed by atoms with Crippen molar-refractivity contribution in [3.63, 3.8) is 0 Å². The van der Waals surface area contributed by atoms with E-state index in [1.807, 2.05) is 0 Å². The second kappa shape index (κ2) is 6.05. The average molecular weight is 408 g/mol. The van der Waals surface area contributed by atoms with Gasteiger partial charge in [0.1, 0.15) is 0 Å². The summed E-state index contributed by atoms with van der Waals surface area (Å²) in [5.74, 6) is 5.83. The third-order valence-corrected chi connectivity index (χ3v) is 18.1. The normalized spacial score (nSPS) is 43.2. The Bertz CT molecular complexity index is 198. The van der Waals surface area contributed by atoms with E-state index < -0.39 is 0 Å². The van der Waals surface area contributed by atoms with E-state index in [0.29, 0.717) is 0 Å². The molecule has 0 aliphatic carbocycles. The van der Waals surface area contributed by atoms with Gasteiger partial charge in [0.15, 0.2) is 0 Å². The Labute approximate surface area is 122 Å². The van der Waals surface area contributed by atoms with Gasteiger partial charge >= 0.3 is 123 Å². The van der Waals surface area contributed by atoms with Gasteiger partial charge in [0.25, 0.3) is 0 Å². The molecule has 3 heterocycles. The molecular weight excluding hydrogens is 394 g/mol. The van der Waals surface area contributed by atoms with Crippen molar-refractivity contribution in [2.75, 3.05) is 23.0 Å². The van der Waals surface area contributed by atoms with Crippen molar-refractivity contribution >= 4 is 77.0 Å². The van der Waals surface area contributed by atoms with Gasteiger partial charge in [0.05, 0.1) is 0 Å². The van der Waals surface area contributed by atoms with E-state index in [0.717, 1.165) is 48.7 Å². The molecule has 3 saturated heterocycles. The average Bonchev–Trinajstić information content (AvgIpc) is 3.14. The summed E-state index contributed by atoms with van der Waals surface area (Å²) in [6, 6.07) is 0. The van der Waals surface area contributed by atoms with Crippen LogP contribution in [0.5, 0.6) is 0 Å². The van der Waals surface area contributed by atoms with Gasteiger partial charge in [-0.25, -0.2) is 0 Å². The first-order valence-corrected chi connectivity index (χ1v) is 13.7. The van der Waals surface area contributed by atoms with Crippen LogP contribution < -0.4 is 0 Å². The topological polar surface area (TPSA) is 0 Å². The van der Waals surface area contributed by atoms with Crippen molar-refractivity contribution in [3.05, 3.63) is 0 Å². The monoisotopic (exact) mass is 410 g/mol. The molecule has 3 rings (SSSR count). The molecule has 0 nitrogen and oxygen atoms in total. The van der Waals surface area contributed by atoms with Crippen molar-refractivity contribution in [3.8, 4) is 0 Å². The molecule has 3 fully saturated rings. The van der Waals surface area contributed by atoms with Crippen LogP contribution >= 0.6 is 47.0 Å². The van der Waals surface area contributed by atoms with Gasteiger partial charge in [0, 0.05) is 0 Å². The van der Waals surface area contributed by atoms with Crippen molar-refractivity contribution in [1.29, 1.82) is 0 Å². The molecule has 0 radical (unpaired) electrons. The fourth-order valence-electron chi connectivity index (χ4n) is 1.32. The molecule has 15 heavy (non-hydrogen) atoms. The van der Waals surface area contributed by atoms with E-state index in [-0.39, 0.29) is 0 Å². The molecule has 3 aliphatic heterocycles. The van der Waals surface area contributed by atoms with Gasteiger partial charge in [-0.1, -0.05) is 0 Å². The van der Waals surface area contributed by atoms with E-state index in [4.69, 9.17) is 0 Å². The van der Waals surface area contributed by atoms with E-state index in [1.54, 1.807) is 4.22 Å². The molecule has 0 aromatic carbocycles. The quantitative estimate of drug-likeness (QED) is 0.488. The fraction of sp³-hybridized carbons (Fsp3) is 1.00. The second-order valence-corrected chi connectivity index (χ2v) is 16.7. The van der Waals surface area contributed by atoms with Gasteiger partial charge in [-0.05, 0) is 0 Å². The van der Waals surface area contributed by atoms with E-state index in [2.05, 4.69) is 47.0 Å². The zero-order chi connectivity index (χ0) is 10.1. The van der Waals surface area contributed by atoms with Crippen LogP contribution in [0.2, 0.25) is 4.22 Å². The van der Waals surface area contributed by atoms with E-state index in [1.165, 1.54) is 23.0 Å². The first-order chi connectivity index (χ1) is 7.42. The van der Waals surface area contributed by atoms with Gasteiger partial charge in [0.2, 0.25) is 0 Å². The zero-order valence-electron chi connectivity index (χ0n) is 8.29. The summed E-state index contributed by atoms with van der Waals surface area (Å²) >= 11 is 11.0. The third kappa shape index (κ3) is 4.24. The minimum absolute atomic E-state index is 0.985. The van der Waals surface area contributed by atoms with Crippen molar-refractivity contribution in [1.82, 2.24) is 0 Å². The van der Waals surface area contributed by atoms with Crippen LogP contribution in [0.15, 0.2) is 0 Å². The number of thioether (sulfide) groups is 4.